The first kappa shape index (κ1) is 19.7. The number of fused-ring (bicyclic) bond motifs is 2. The minimum absolute atomic E-state index is 0.189. The van der Waals surface area contributed by atoms with Crippen molar-refractivity contribution in [3.63, 3.8) is 0 Å². The number of rotatable bonds is 3. The van der Waals surface area contributed by atoms with Gasteiger partial charge in [-0.15, -0.1) is 0 Å². The summed E-state index contributed by atoms with van der Waals surface area (Å²) in [6.45, 7) is 4.72. The molecule has 5 rings (SSSR count). The predicted molar refractivity (Wildman–Crippen MR) is 120 cm³/mol. The van der Waals surface area contributed by atoms with Gasteiger partial charge in [0.05, 0.1) is 11.1 Å². The molecule has 1 fully saturated rings. The van der Waals surface area contributed by atoms with E-state index in [1.165, 1.54) is 22.3 Å². The van der Waals surface area contributed by atoms with Gasteiger partial charge in [0.2, 0.25) is 0 Å². The van der Waals surface area contributed by atoms with E-state index in [1.807, 2.05) is 6.07 Å². The molecule has 2 nitrogen and oxygen atoms in total. The number of aryl methyl sites for hydroxylation is 2. The van der Waals surface area contributed by atoms with Crippen molar-refractivity contribution in [1.29, 1.82) is 0 Å². The van der Waals surface area contributed by atoms with Crippen molar-refractivity contribution < 1.29 is 4.39 Å². The van der Waals surface area contributed by atoms with Crippen LogP contribution in [0.5, 0.6) is 0 Å². The minimum Gasteiger partial charge on any atom is -0.297 e. The Morgan fingerprint density at radius 3 is 2.00 bits per heavy atom. The van der Waals surface area contributed by atoms with Crippen molar-refractivity contribution in [1.82, 2.24) is 9.80 Å². The lowest BCUT2D eigenvalue weighted by Gasteiger charge is -2.40. The Hall–Kier alpha value is -2.20. The molecule has 154 valence electrons. The molecule has 30 heavy (non-hydrogen) atoms. The molecule has 0 spiro atoms. The number of benzene rings is 3. The van der Waals surface area contributed by atoms with Crippen molar-refractivity contribution in [2.45, 2.75) is 25.4 Å². The summed E-state index contributed by atoms with van der Waals surface area (Å²) < 4.78 is 13.8. The highest BCUT2D eigenvalue weighted by Gasteiger charge is 2.30. The summed E-state index contributed by atoms with van der Waals surface area (Å²) in [6.07, 6.45) is 2.21. The van der Waals surface area contributed by atoms with Crippen molar-refractivity contribution >= 4 is 11.6 Å². The largest absolute Gasteiger partial charge is 0.297 e. The van der Waals surface area contributed by atoms with E-state index in [-0.39, 0.29) is 10.8 Å². The zero-order chi connectivity index (χ0) is 20.5. The fourth-order valence-electron chi connectivity index (χ4n) is 4.96. The van der Waals surface area contributed by atoms with E-state index in [0.29, 0.717) is 6.04 Å². The maximum Gasteiger partial charge on any atom is 0.142 e. The van der Waals surface area contributed by atoms with Crippen LogP contribution in [0.2, 0.25) is 5.02 Å². The van der Waals surface area contributed by atoms with E-state index in [4.69, 9.17) is 11.6 Å². The van der Waals surface area contributed by atoms with Crippen LogP contribution < -0.4 is 0 Å². The molecule has 0 aromatic heterocycles. The van der Waals surface area contributed by atoms with Gasteiger partial charge in [0.1, 0.15) is 5.82 Å². The van der Waals surface area contributed by atoms with Crippen LogP contribution in [-0.2, 0) is 19.4 Å². The Kier molecular flexibility index (Phi) is 5.60. The molecule has 1 aliphatic heterocycles. The van der Waals surface area contributed by atoms with Crippen LogP contribution in [0.1, 0.15) is 33.9 Å². The molecule has 1 aliphatic carbocycles. The maximum atomic E-state index is 13.8. The average molecular weight is 421 g/mol. The van der Waals surface area contributed by atoms with Crippen LogP contribution in [0, 0.1) is 5.82 Å². The minimum atomic E-state index is -0.334. The van der Waals surface area contributed by atoms with Gasteiger partial charge in [0.15, 0.2) is 0 Å². The zero-order valence-corrected chi connectivity index (χ0v) is 17.8. The smallest absolute Gasteiger partial charge is 0.142 e. The van der Waals surface area contributed by atoms with Crippen LogP contribution in [0.15, 0.2) is 66.7 Å². The van der Waals surface area contributed by atoms with E-state index in [2.05, 4.69) is 58.3 Å². The quantitative estimate of drug-likeness (QED) is 0.553. The molecule has 0 N–H and O–H groups in total. The molecular formula is C26H26ClFN2. The van der Waals surface area contributed by atoms with Gasteiger partial charge >= 0.3 is 0 Å². The fraction of sp³-hybridized carbons (Fsp3) is 0.308. The van der Waals surface area contributed by atoms with Crippen LogP contribution in [0.25, 0.3) is 0 Å². The van der Waals surface area contributed by atoms with Crippen molar-refractivity contribution in [3.05, 3.63) is 105 Å². The molecular weight excluding hydrogens is 395 g/mol. The second-order valence-corrected chi connectivity index (χ2v) is 8.77. The topological polar surface area (TPSA) is 6.48 Å². The van der Waals surface area contributed by atoms with Gasteiger partial charge in [-0.3, -0.25) is 9.80 Å². The third kappa shape index (κ3) is 3.90. The monoisotopic (exact) mass is 420 g/mol. The molecule has 2 aliphatic rings. The lowest BCUT2D eigenvalue weighted by molar-refractivity contribution is 0.104. The number of piperazine rings is 1. The van der Waals surface area contributed by atoms with Crippen LogP contribution in [0.3, 0.4) is 0 Å². The van der Waals surface area contributed by atoms with Gasteiger partial charge in [0.25, 0.3) is 0 Å². The first-order chi connectivity index (χ1) is 14.7. The Labute approximate surface area is 182 Å². The highest BCUT2D eigenvalue weighted by atomic mass is 35.5. The number of halogens is 2. The van der Waals surface area contributed by atoms with Crippen LogP contribution in [0.4, 0.5) is 4.39 Å². The summed E-state index contributed by atoms with van der Waals surface area (Å²) in [4.78, 5) is 5.04. The fourth-order valence-corrected chi connectivity index (χ4v) is 5.08. The highest BCUT2D eigenvalue weighted by Crippen LogP contribution is 2.37. The van der Waals surface area contributed by atoms with E-state index in [0.717, 1.165) is 51.1 Å². The zero-order valence-electron chi connectivity index (χ0n) is 17.0. The number of nitrogens with zero attached hydrogens (tertiary/aromatic N) is 2. The van der Waals surface area contributed by atoms with Gasteiger partial charge in [-0.25, -0.2) is 4.39 Å². The second-order valence-electron chi connectivity index (χ2n) is 8.36. The van der Waals surface area contributed by atoms with Gasteiger partial charge < -0.3 is 0 Å². The lowest BCUT2D eigenvalue weighted by atomic mass is 9.92. The summed E-state index contributed by atoms with van der Waals surface area (Å²) in [7, 11) is 0. The third-order valence-electron chi connectivity index (χ3n) is 6.53. The molecule has 0 atom stereocenters. The maximum absolute atomic E-state index is 13.8. The molecule has 3 aromatic carbocycles. The molecule has 0 amide bonds. The first-order valence-corrected chi connectivity index (χ1v) is 11.1. The molecule has 0 unspecified atom stereocenters. The average Bonchev–Trinajstić information content (AvgIpc) is 2.94. The predicted octanol–water partition coefficient (Wildman–Crippen LogP) is 5.48. The molecule has 0 saturated carbocycles. The molecule has 1 saturated heterocycles. The van der Waals surface area contributed by atoms with Gasteiger partial charge in [0, 0.05) is 32.7 Å². The third-order valence-corrected chi connectivity index (χ3v) is 6.83. The Bertz CT molecular complexity index is 995. The van der Waals surface area contributed by atoms with Crippen molar-refractivity contribution in [3.8, 4) is 0 Å². The van der Waals surface area contributed by atoms with E-state index >= 15 is 0 Å². The van der Waals surface area contributed by atoms with Crippen LogP contribution >= 0.6 is 11.6 Å². The summed E-state index contributed by atoms with van der Waals surface area (Å²) in [5, 5.41) is 0.189. The lowest BCUT2D eigenvalue weighted by Crippen LogP contribution is -2.47. The van der Waals surface area contributed by atoms with Crippen LogP contribution in [-0.4, -0.2) is 36.0 Å². The normalized spacial score (nSPS) is 17.9. The van der Waals surface area contributed by atoms with Gasteiger partial charge in [-0.05, 0) is 52.8 Å². The Morgan fingerprint density at radius 2 is 1.40 bits per heavy atom. The summed E-state index contributed by atoms with van der Waals surface area (Å²) in [5.74, 6) is -0.334. The Balaban J connectivity index is 1.36. The van der Waals surface area contributed by atoms with Crippen molar-refractivity contribution in [2.75, 3.05) is 26.2 Å². The van der Waals surface area contributed by atoms with E-state index in [1.54, 1.807) is 12.1 Å². The van der Waals surface area contributed by atoms with Crippen molar-refractivity contribution in [2.24, 2.45) is 0 Å². The number of hydrogen-bond donors (Lipinski definition) is 0. The van der Waals surface area contributed by atoms with Gasteiger partial charge in [-0.2, -0.15) is 0 Å². The molecule has 3 aromatic rings. The highest BCUT2D eigenvalue weighted by molar-refractivity contribution is 6.30. The molecule has 1 heterocycles. The van der Waals surface area contributed by atoms with E-state index < -0.39 is 0 Å². The second kappa shape index (κ2) is 8.50. The van der Waals surface area contributed by atoms with Gasteiger partial charge in [-0.1, -0.05) is 66.2 Å². The molecule has 0 radical (unpaired) electrons. The Morgan fingerprint density at radius 1 is 0.800 bits per heavy atom. The standard InChI is InChI=1S/C26H26ClFN2/c27-24-12-9-19(17-25(24)28)18-29-13-15-30(16-14-29)26-22-7-3-1-5-20(22)10-11-21-6-2-4-8-23(21)26/h1-9,12,17,26H,10-11,13-16,18H2. The molecule has 4 heteroatoms. The summed E-state index contributed by atoms with van der Waals surface area (Å²) in [6, 6.07) is 23.3. The summed E-state index contributed by atoms with van der Waals surface area (Å²) in [5.41, 5.74) is 6.83. The number of hydrogen-bond acceptors (Lipinski definition) is 2. The van der Waals surface area contributed by atoms with E-state index in [9.17, 15) is 4.39 Å². The molecule has 0 bridgehead atoms. The summed E-state index contributed by atoms with van der Waals surface area (Å²) >= 11 is 5.83. The SMILES string of the molecule is Fc1cc(CN2CCN(C3c4ccccc4CCc4ccccc43)CC2)ccc1Cl. The first-order valence-electron chi connectivity index (χ1n) is 10.7.